The van der Waals surface area contributed by atoms with Crippen LogP contribution in [0.5, 0.6) is 0 Å². The molecular formula is C30H48O3S2. The summed E-state index contributed by atoms with van der Waals surface area (Å²) in [6, 6.07) is 7.75. The predicted octanol–water partition coefficient (Wildman–Crippen LogP) is 9.60. The smallest absolute Gasteiger partial charge is 0.337 e. The summed E-state index contributed by atoms with van der Waals surface area (Å²) in [5.74, 6) is 2.38. The number of ether oxygens (including phenoxy) is 1. The summed E-state index contributed by atoms with van der Waals surface area (Å²) in [6.07, 6.45) is 14.8. The maximum atomic E-state index is 12.0. The fourth-order valence-electron chi connectivity index (χ4n) is 4.50. The summed E-state index contributed by atoms with van der Waals surface area (Å²) in [4.78, 5) is 14.1. The van der Waals surface area contributed by atoms with Gasteiger partial charge in [0, 0.05) is 23.0 Å². The number of thioether (sulfide) groups is 2. The standard InChI is InChI=1S/C30H48O3S2/c1-23(2)21-24(3)30(4,5)32-19-14-12-10-8-7-9-11-13-15-20-35-27-22-28(31)33-29-25(27)17-16-18-26(29)34-6/h16-18,22-24H,7-15,19-21H2,1-6H3. The Hall–Kier alpha value is -0.910. The van der Waals surface area contributed by atoms with Crippen LogP contribution in [0.1, 0.15) is 98.8 Å². The minimum Gasteiger partial charge on any atom is -0.421 e. The van der Waals surface area contributed by atoms with E-state index in [1.165, 1.54) is 64.2 Å². The molecule has 1 atom stereocenters. The number of fused-ring (bicyclic) bond motifs is 1. The fourth-order valence-corrected chi connectivity index (χ4v) is 6.12. The highest BCUT2D eigenvalue weighted by molar-refractivity contribution is 7.99. The molecule has 0 aliphatic rings. The molecule has 0 bridgehead atoms. The van der Waals surface area contributed by atoms with E-state index in [1.807, 2.05) is 18.4 Å². The molecule has 0 radical (unpaired) electrons. The molecule has 0 amide bonds. The molecule has 0 aliphatic heterocycles. The lowest BCUT2D eigenvalue weighted by molar-refractivity contribution is -0.0614. The van der Waals surface area contributed by atoms with Gasteiger partial charge in [0.05, 0.1) is 10.5 Å². The Morgan fingerprint density at radius 1 is 0.914 bits per heavy atom. The maximum absolute atomic E-state index is 12.0. The summed E-state index contributed by atoms with van der Waals surface area (Å²) < 4.78 is 11.7. The summed E-state index contributed by atoms with van der Waals surface area (Å²) in [5, 5.41) is 1.06. The Kier molecular flexibility index (Phi) is 13.9. The Labute approximate surface area is 222 Å². The average Bonchev–Trinajstić information content (AvgIpc) is 2.81. The predicted molar refractivity (Wildman–Crippen MR) is 155 cm³/mol. The topological polar surface area (TPSA) is 39.4 Å². The molecule has 0 aliphatic carbocycles. The zero-order chi connectivity index (χ0) is 25.7. The van der Waals surface area contributed by atoms with E-state index in [-0.39, 0.29) is 11.2 Å². The number of unbranched alkanes of at least 4 members (excludes halogenated alkanes) is 8. The molecule has 1 aromatic heterocycles. The highest BCUT2D eigenvalue weighted by Crippen LogP contribution is 2.32. The van der Waals surface area contributed by atoms with Gasteiger partial charge in [-0.05, 0) is 63.0 Å². The van der Waals surface area contributed by atoms with Gasteiger partial charge in [-0.2, -0.15) is 0 Å². The van der Waals surface area contributed by atoms with E-state index in [0.717, 1.165) is 39.0 Å². The van der Waals surface area contributed by atoms with Crippen LogP contribution in [0, 0.1) is 11.8 Å². The van der Waals surface area contributed by atoms with Crippen LogP contribution >= 0.6 is 23.5 Å². The number of hydrogen-bond acceptors (Lipinski definition) is 5. The zero-order valence-electron chi connectivity index (χ0n) is 23.0. The highest BCUT2D eigenvalue weighted by atomic mass is 32.2. The normalized spacial score (nSPS) is 13.1. The molecule has 2 rings (SSSR count). The first-order chi connectivity index (χ1) is 16.7. The molecule has 35 heavy (non-hydrogen) atoms. The second-order valence-corrected chi connectivity index (χ2v) is 12.8. The molecule has 3 nitrogen and oxygen atoms in total. The lowest BCUT2D eigenvalue weighted by Crippen LogP contribution is -2.34. The van der Waals surface area contributed by atoms with Crippen molar-refractivity contribution in [2.24, 2.45) is 11.8 Å². The van der Waals surface area contributed by atoms with Crippen molar-refractivity contribution in [3.05, 3.63) is 34.7 Å². The van der Waals surface area contributed by atoms with Crippen molar-refractivity contribution in [3.63, 3.8) is 0 Å². The van der Waals surface area contributed by atoms with E-state index in [1.54, 1.807) is 29.6 Å². The van der Waals surface area contributed by atoms with Crippen LogP contribution in [0.3, 0.4) is 0 Å². The SMILES string of the molecule is CSc1cccc2c(SCCCCCCCCCCCOC(C)(C)C(C)CC(C)C)cc(=O)oc12. The van der Waals surface area contributed by atoms with Crippen molar-refractivity contribution in [3.8, 4) is 0 Å². The lowest BCUT2D eigenvalue weighted by atomic mass is 9.85. The first kappa shape index (κ1) is 30.3. The molecule has 1 aromatic carbocycles. The van der Waals surface area contributed by atoms with Crippen LogP contribution in [-0.2, 0) is 4.74 Å². The first-order valence-corrected chi connectivity index (χ1v) is 15.8. The lowest BCUT2D eigenvalue weighted by Gasteiger charge is -2.33. The van der Waals surface area contributed by atoms with Gasteiger partial charge >= 0.3 is 5.63 Å². The highest BCUT2D eigenvalue weighted by Gasteiger charge is 2.26. The molecule has 5 heteroatoms. The molecule has 1 unspecified atom stereocenters. The quantitative estimate of drug-likeness (QED) is 0.111. The van der Waals surface area contributed by atoms with E-state index in [9.17, 15) is 4.79 Å². The molecular weight excluding hydrogens is 472 g/mol. The minimum absolute atomic E-state index is 0.0136. The fraction of sp³-hybridized carbons (Fsp3) is 0.700. The van der Waals surface area contributed by atoms with E-state index in [4.69, 9.17) is 9.15 Å². The van der Waals surface area contributed by atoms with Crippen molar-refractivity contribution in [2.75, 3.05) is 18.6 Å². The Morgan fingerprint density at radius 2 is 1.54 bits per heavy atom. The van der Waals surface area contributed by atoms with Crippen LogP contribution in [-0.4, -0.2) is 24.2 Å². The minimum atomic E-state index is -0.252. The van der Waals surface area contributed by atoms with Crippen LogP contribution in [0.2, 0.25) is 0 Å². The number of para-hydroxylation sites is 1. The molecule has 1 heterocycles. The summed E-state index contributed by atoms with van der Waals surface area (Å²) in [6.45, 7) is 12.3. The third-order valence-electron chi connectivity index (χ3n) is 6.95. The first-order valence-electron chi connectivity index (χ1n) is 13.6. The number of hydrogen-bond donors (Lipinski definition) is 0. The van der Waals surface area contributed by atoms with Gasteiger partial charge in [0.2, 0.25) is 0 Å². The van der Waals surface area contributed by atoms with E-state index in [0.29, 0.717) is 5.92 Å². The van der Waals surface area contributed by atoms with Gasteiger partial charge in [-0.1, -0.05) is 77.8 Å². The van der Waals surface area contributed by atoms with Crippen LogP contribution in [0.4, 0.5) is 0 Å². The van der Waals surface area contributed by atoms with Gasteiger partial charge < -0.3 is 9.15 Å². The molecule has 2 aromatic rings. The van der Waals surface area contributed by atoms with Crippen molar-refractivity contribution in [1.82, 2.24) is 0 Å². The van der Waals surface area contributed by atoms with Crippen LogP contribution in [0.25, 0.3) is 11.0 Å². The van der Waals surface area contributed by atoms with Gasteiger partial charge in [0.1, 0.15) is 0 Å². The Morgan fingerprint density at radius 3 is 2.17 bits per heavy atom. The average molecular weight is 521 g/mol. The molecule has 198 valence electrons. The molecule has 0 N–H and O–H groups in total. The molecule has 0 fully saturated rings. The second kappa shape index (κ2) is 16.0. The van der Waals surface area contributed by atoms with Gasteiger partial charge in [-0.3, -0.25) is 0 Å². The summed E-state index contributed by atoms with van der Waals surface area (Å²) in [7, 11) is 0. The van der Waals surface area contributed by atoms with Crippen molar-refractivity contribution in [2.45, 2.75) is 114 Å². The molecule has 0 spiro atoms. The van der Waals surface area contributed by atoms with Gasteiger partial charge in [-0.25, -0.2) is 4.79 Å². The summed E-state index contributed by atoms with van der Waals surface area (Å²) >= 11 is 3.41. The van der Waals surface area contributed by atoms with Crippen molar-refractivity contribution < 1.29 is 9.15 Å². The van der Waals surface area contributed by atoms with Crippen molar-refractivity contribution in [1.29, 1.82) is 0 Å². The van der Waals surface area contributed by atoms with Crippen LogP contribution < -0.4 is 5.63 Å². The molecule has 0 saturated heterocycles. The van der Waals surface area contributed by atoms with Gasteiger partial charge in [0.15, 0.2) is 5.58 Å². The monoisotopic (exact) mass is 520 g/mol. The third kappa shape index (κ3) is 10.9. The maximum Gasteiger partial charge on any atom is 0.337 e. The van der Waals surface area contributed by atoms with E-state index < -0.39 is 0 Å². The largest absolute Gasteiger partial charge is 0.421 e. The van der Waals surface area contributed by atoms with Gasteiger partial charge in [-0.15, -0.1) is 23.5 Å². The van der Waals surface area contributed by atoms with E-state index in [2.05, 4.69) is 40.7 Å². The number of benzene rings is 1. The van der Waals surface area contributed by atoms with Gasteiger partial charge in [0.25, 0.3) is 0 Å². The van der Waals surface area contributed by atoms with Crippen molar-refractivity contribution >= 4 is 34.5 Å². The zero-order valence-corrected chi connectivity index (χ0v) is 24.6. The number of rotatable bonds is 18. The van der Waals surface area contributed by atoms with Crippen LogP contribution in [0.15, 0.2) is 43.3 Å². The molecule has 0 saturated carbocycles. The summed E-state index contributed by atoms with van der Waals surface area (Å²) in [5.41, 5.74) is 0.462. The van der Waals surface area contributed by atoms with E-state index >= 15 is 0 Å². The second-order valence-electron chi connectivity index (χ2n) is 10.8. The Balaban J connectivity index is 1.51. The third-order valence-corrected chi connectivity index (χ3v) is 8.85. The Bertz CT molecular complexity index is 919.